The van der Waals surface area contributed by atoms with Crippen molar-refractivity contribution in [3.8, 4) is 5.75 Å². The van der Waals surface area contributed by atoms with E-state index in [4.69, 9.17) is 9.47 Å². The highest BCUT2D eigenvalue weighted by Gasteiger charge is 2.33. The highest BCUT2D eigenvalue weighted by molar-refractivity contribution is 6.06. The lowest BCUT2D eigenvalue weighted by Gasteiger charge is -2.29. The van der Waals surface area contributed by atoms with Crippen LogP contribution in [-0.2, 0) is 14.3 Å². The summed E-state index contributed by atoms with van der Waals surface area (Å²) in [5.41, 5.74) is 3.79. The van der Waals surface area contributed by atoms with Crippen LogP contribution in [0.15, 0.2) is 66.1 Å². The van der Waals surface area contributed by atoms with E-state index in [-0.39, 0.29) is 18.4 Å². The van der Waals surface area contributed by atoms with Crippen LogP contribution in [0.4, 0.5) is 11.6 Å². The van der Waals surface area contributed by atoms with Gasteiger partial charge in [-0.2, -0.15) is 10.1 Å². The van der Waals surface area contributed by atoms with Gasteiger partial charge in [-0.1, -0.05) is 30.3 Å². The number of nitrogens with one attached hydrogen (secondary N) is 2. The first-order valence-electron chi connectivity index (χ1n) is 11.8. The number of hydrogen-bond acceptors (Lipinski definition) is 7. The Kier molecular flexibility index (Phi) is 6.68. The summed E-state index contributed by atoms with van der Waals surface area (Å²) in [6, 6.07) is 14.5. The Balaban J connectivity index is 1.36. The van der Waals surface area contributed by atoms with Crippen LogP contribution in [0.5, 0.6) is 5.75 Å². The van der Waals surface area contributed by atoms with Crippen LogP contribution in [0.2, 0.25) is 0 Å². The number of ether oxygens (including phenoxy) is 2. The fourth-order valence-electron chi connectivity index (χ4n) is 4.39. The lowest BCUT2D eigenvalue weighted by atomic mass is 9.95. The van der Waals surface area contributed by atoms with E-state index in [0.29, 0.717) is 49.3 Å². The number of allylic oxidation sites excluding steroid dienone is 1. The number of anilines is 2. The van der Waals surface area contributed by atoms with Crippen molar-refractivity contribution in [2.24, 2.45) is 0 Å². The summed E-state index contributed by atoms with van der Waals surface area (Å²) in [6.07, 6.45) is 1.46. The number of amides is 2. The maximum atomic E-state index is 13.5. The lowest BCUT2D eigenvalue weighted by molar-refractivity contribution is -0.137. The van der Waals surface area contributed by atoms with Crippen LogP contribution in [-0.4, -0.2) is 64.4 Å². The molecule has 2 aromatic carbocycles. The third kappa shape index (κ3) is 4.80. The summed E-state index contributed by atoms with van der Waals surface area (Å²) in [6.45, 7) is 6.02. The largest absolute Gasteiger partial charge is 0.484 e. The molecule has 1 aromatic heterocycles. The quantitative estimate of drug-likeness (QED) is 0.549. The first-order chi connectivity index (χ1) is 17.5. The number of aryl methyl sites for hydroxylation is 1. The number of carbonyl (C=O) groups is 2. The third-order valence-corrected chi connectivity index (χ3v) is 6.35. The molecule has 0 aliphatic carbocycles. The second kappa shape index (κ2) is 10.2. The number of aromatic nitrogens is 3. The Morgan fingerprint density at radius 1 is 1.11 bits per heavy atom. The number of morpholine rings is 1. The van der Waals surface area contributed by atoms with E-state index in [1.165, 1.54) is 6.33 Å². The van der Waals surface area contributed by atoms with Gasteiger partial charge in [0.05, 0.1) is 18.8 Å². The van der Waals surface area contributed by atoms with Gasteiger partial charge in [0.15, 0.2) is 6.61 Å². The second-order valence-electron chi connectivity index (χ2n) is 8.71. The van der Waals surface area contributed by atoms with Crippen LogP contribution in [0, 0.1) is 6.92 Å². The summed E-state index contributed by atoms with van der Waals surface area (Å²) >= 11 is 0. The molecule has 10 heteroatoms. The van der Waals surface area contributed by atoms with Gasteiger partial charge in [0.25, 0.3) is 11.8 Å². The highest BCUT2D eigenvalue weighted by atomic mass is 16.5. The molecule has 1 atom stereocenters. The predicted molar refractivity (Wildman–Crippen MR) is 134 cm³/mol. The van der Waals surface area contributed by atoms with Crippen molar-refractivity contribution in [3.05, 3.63) is 77.3 Å². The number of benzene rings is 2. The van der Waals surface area contributed by atoms with Gasteiger partial charge in [0.1, 0.15) is 18.1 Å². The molecule has 36 heavy (non-hydrogen) atoms. The number of fused-ring (bicyclic) bond motifs is 1. The number of para-hydroxylation sites is 1. The molecule has 2 N–H and O–H groups in total. The van der Waals surface area contributed by atoms with Gasteiger partial charge in [-0.15, -0.1) is 0 Å². The van der Waals surface area contributed by atoms with E-state index < -0.39 is 6.04 Å². The molecule has 186 valence electrons. The Bertz CT molecular complexity index is 1290. The minimum atomic E-state index is -0.489. The van der Waals surface area contributed by atoms with Crippen molar-refractivity contribution in [1.82, 2.24) is 19.7 Å². The molecule has 1 unspecified atom stereocenters. The molecule has 0 saturated carbocycles. The maximum Gasteiger partial charge on any atom is 0.260 e. The van der Waals surface area contributed by atoms with Gasteiger partial charge in [0.2, 0.25) is 5.95 Å². The third-order valence-electron chi connectivity index (χ3n) is 6.35. The summed E-state index contributed by atoms with van der Waals surface area (Å²) in [5.74, 6) is 0.833. The summed E-state index contributed by atoms with van der Waals surface area (Å²) in [4.78, 5) is 31.9. The van der Waals surface area contributed by atoms with Gasteiger partial charge in [0, 0.05) is 24.5 Å². The van der Waals surface area contributed by atoms with Crippen LogP contribution in [0.25, 0.3) is 0 Å². The van der Waals surface area contributed by atoms with Crippen molar-refractivity contribution < 1.29 is 19.1 Å². The van der Waals surface area contributed by atoms with Crippen LogP contribution in [0.1, 0.15) is 24.1 Å². The van der Waals surface area contributed by atoms with Gasteiger partial charge < -0.3 is 25.0 Å². The normalized spacial score (nSPS) is 17.3. The second-order valence-corrected chi connectivity index (χ2v) is 8.71. The van der Waals surface area contributed by atoms with E-state index >= 15 is 0 Å². The average molecular weight is 489 g/mol. The topological polar surface area (TPSA) is 111 Å². The van der Waals surface area contributed by atoms with E-state index in [1.54, 1.807) is 21.7 Å². The monoisotopic (exact) mass is 488 g/mol. The minimum Gasteiger partial charge on any atom is -0.484 e. The number of rotatable bonds is 6. The van der Waals surface area contributed by atoms with Crippen molar-refractivity contribution >= 4 is 23.5 Å². The molecule has 0 bridgehead atoms. The zero-order chi connectivity index (χ0) is 25.1. The van der Waals surface area contributed by atoms with E-state index in [1.807, 2.05) is 50.2 Å². The molecule has 1 saturated heterocycles. The number of hydrogen-bond donors (Lipinski definition) is 2. The van der Waals surface area contributed by atoms with E-state index in [0.717, 1.165) is 16.8 Å². The Morgan fingerprint density at radius 2 is 1.86 bits per heavy atom. The van der Waals surface area contributed by atoms with Gasteiger partial charge in [-0.25, -0.2) is 4.68 Å². The fourth-order valence-corrected chi connectivity index (χ4v) is 4.39. The molecule has 5 rings (SSSR count). The Morgan fingerprint density at radius 3 is 2.61 bits per heavy atom. The zero-order valence-corrected chi connectivity index (χ0v) is 20.2. The van der Waals surface area contributed by atoms with Gasteiger partial charge >= 0.3 is 0 Å². The minimum absolute atomic E-state index is 0.0387. The summed E-state index contributed by atoms with van der Waals surface area (Å²) in [5, 5.41) is 10.6. The van der Waals surface area contributed by atoms with Gasteiger partial charge in [-0.3, -0.25) is 9.59 Å². The molecule has 10 nitrogen and oxygen atoms in total. The Hall–Kier alpha value is -4.18. The average Bonchev–Trinajstić information content (AvgIpc) is 3.36. The number of carbonyl (C=O) groups excluding carboxylic acids is 2. The standard InChI is InChI=1S/C26H28N6O4/c1-17-5-3-4-6-21(17)30-25(34)23-18(2)29-26-27-16-28-32(26)24(23)19-7-9-20(10-8-19)36-15-22(33)31-11-13-35-14-12-31/h3-10,16,24H,11-15H2,1-2H3,(H,30,34)(H,27,28,29). The lowest BCUT2D eigenvalue weighted by Crippen LogP contribution is -2.42. The van der Waals surface area contributed by atoms with Crippen molar-refractivity contribution in [3.63, 3.8) is 0 Å². The van der Waals surface area contributed by atoms with E-state index in [9.17, 15) is 9.59 Å². The molecule has 3 aromatic rings. The SMILES string of the molecule is CC1=C(C(=O)Nc2ccccc2C)C(c2ccc(OCC(=O)N3CCOCC3)cc2)n2ncnc2N1. The number of nitrogens with zero attached hydrogens (tertiary/aromatic N) is 4. The molecular formula is C26H28N6O4. The van der Waals surface area contributed by atoms with Crippen LogP contribution < -0.4 is 15.4 Å². The van der Waals surface area contributed by atoms with Crippen LogP contribution >= 0.6 is 0 Å². The Labute approximate surface area is 208 Å². The van der Waals surface area contributed by atoms with Crippen LogP contribution in [0.3, 0.4) is 0 Å². The first-order valence-corrected chi connectivity index (χ1v) is 11.8. The molecular weight excluding hydrogens is 460 g/mol. The van der Waals surface area contributed by atoms with Gasteiger partial charge in [-0.05, 0) is 43.2 Å². The maximum absolute atomic E-state index is 13.5. The molecule has 2 amide bonds. The van der Waals surface area contributed by atoms with Crippen molar-refractivity contribution in [2.75, 3.05) is 43.5 Å². The molecule has 0 radical (unpaired) electrons. The highest BCUT2D eigenvalue weighted by Crippen LogP contribution is 2.36. The molecule has 1 fully saturated rings. The first kappa shape index (κ1) is 23.6. The van der Waals surface area contributed by atoms with Crippen molar-refractivity contribution in [1.29, 1.82) is 0 Å². The smallest absolute Gasteiger partial charge is 0.260 e. The zero-order valence-electron chi connectivity index (χ0n) is 20.2. The molecule has 2 aliphatic rings. The predicted octanol–water partition coefficient (Wildman–Crippen LogP) is 2.75. The summed E-state index contributed by atoms with van der Waals surface area (Å²) < 4.78 is 12.7. The van der Waals surface area contributed by atoms with Crippen molar-refractivity contribution in [2.45, 2.75) is 19.9 Å². The fraction of sp³-hybridized carbons (Fsp3) is 0.308. The molecule has 3 heterocycles. The van der Waals surface area contributed by atoms with E-state index in [2.05, 4.69) is 20.7 Å². The molecule has 0 spiro atoms. The molecule has 2 aliphatic heterocycles. The summed E-state index contributed by atoms with van der Waals surface area (Å²) in [7, 11) is 0.